The SMILES string of the molecule is c1ccc2c(c1)ccc1c2c2c3ccccc3ccc2n1-c1ccc2c(c1)c1c3ccccc3cc3c4nc5ccccc5nc4n2c31. The van der Waals surface area contributed by atoms with Crippen molar-refractivity contribution in [2.75, 3.05) is 0 Å². The molecule has 4 aromatic heterocycles. The molecule has 0 saturated carbocycles. The summed E-state index contributed by atoms with van der Waals surface area (Å²) in [5, 5.41) is 13.7. The quantitative estimate of drug-likeness (QED) is 0.186. The maximum absolute atomic E-state index is 5.22. The first kappa shape index (κ1) is 24.7. The van der Waals surface area contributed by atoms with Crippen LogP contribution in [0.5, 0.6) is 0 Å². The first-order valence-electron chi connectivity index (χ1n) is 16.4. The lowest BCUT2D eigenvalue weighted by molar-refractivity contribution is 1.19. The third kappa shape index (κ3) is 2.96. The fraction of sp³-hybridized carbons (Fsp3) is 0. The molecule has 48 heavy (non-hydrogen) atoms. The zero-order valence-electron chi connectivity index (χ0n) is 25.6. The summed E-state index contributed by atoms with van der Waals surface area (Å²) >= 11 is 0. The van der Waals surface area contributed by atoms with E-state index in [9.17, 15) is 0 Å². The summed E-state index contributed by atoms with van der Waals surface area (Å²) in [4.78, 5) is 10.4. The Balaban J connectivity index is 1.27. The molecule has 0 aliphatic heterocycles. The van der Waals surface area contributed by atoms with Crippen molar-refractivity contribution < 1.29 is 0 Å². The largest absolute Gasteiger partial charge is 0.309 e. The number of rotatable bonds is 1. The molecule has 0 spiro atoms. The number of nitrogens with zero attached hydrogens (tertiary/aromatic N) is 4. The van der Waals surface area contributed by atoms with Crippen LogP contribution < -0.4 is 0 Å². The molecule has 0 aliphatic carbocycles. The summed E-state index contributed by atoms with van der Waals surface area (Å²) in [6.45, 7) is 0. The van der Waals surface area contributed by atoms with E-state index in [1.807, 2.05) is 12.1 Å². The first-order chi connectivity index (χ1) is 23.8. The molecule has 12 aromatic rings. The molecule has 220 valence electrons. The van der Waals surface area contributed by atoms with Crippen LogP contribution >= 0.6 is 0 Å². The van der Waals surface area contributed by atoms with E-state index in [4.69, 9.17) is 9.97 Å². The Morgan fingerprint density at radius 2 is 0.958 bits per heavy atom. The standard InChI is InChI=1S/C44H24N4/c1-4-12-29-25(9-1)17-20-37-40(29)41-30-13-5-2-10-26(30)18-21-38(41)47(37)28-19-22-36-32(24-28)39-31-14-6-3-11-27(31)23-33-42-44(48(36)43(33)39)46-35-16-8-7-15-34(35)45-42/h1-24H. The van der Waals surface area contributed by atoms with Gasteiger partial charge in [-0.25, -0.2) is 9.97 Å². The first-order valence-corrected chi connectivity index (χ1v) is 16.4. The number of benzene rings is 8. The summed E-state index contributed by atoms with van der Waals surface area (Å²) in [6.07, 6.45) is 0. The average Bonchev–Trinajstić information content (AvgIpc) is 3.78. The van der Waals surface area contributed by atoms with Gasteiger partial charge in [0.15, 0.2) is 5.65 Å². The van der Waals surface area contributed by atoms with Gasteiger partial charge in [-0.05, 0) is 80.8 Å². The average molecular weight is 609 g/mol. The van der Waals surface area contributed by atoms with Crippen LogP contribution in [0.2, 0.25) is 0 Å². The number of aromatic nitrogens is 4. The van der Waals surface area contributed by atoms with Gasteiger partial charge in [-0.3, -0.25) is 4.40 Å². The van der Waals surface area contributed by atoms with Gasteiger partial charge in [0.05, 0.1) is 33.1 Å². The van der Waals surface area contributed by atoms with Gasteiger partial charge < -0.3 is 4.57 Å². The number of fused-ring (bicyclic) bond motifs is 16. The van der Waals surface area contributed by atoms with Crippen LogP contribution in [0.25, 0.3) is 109 Å². The van der Waals surface area contributed by atoms with E-state index in [-0.39, 0.29) is 0 Å². The van der Waals surface area contributed by atoms with Crippen LogP contribution in [0, 0.1) is 0 Å². The highest BCUT2D eigenvalue weighted by Crippen LogP contribution is 2.45. The van der Waals surface area contributed by atoms with Crippen molar-refractivity contribution in [1.82, 2.24) is 18.9 Å². The normalized spacial score (nSPS) is 12.6. The molecule has 0 aliphatic rings. The van der Waals surface area contributed by atoms with E-state index in [1.54, 1.807) is 0 Å². The molecule has 0 saturated heterocycles. The minimum Gasteiger partial charge on any atom is -0.309 e. The van der Waals surface area contributed by atoms with Gasteiger partial charge >= 0.3 is 0 Å². The van der Waals surface area contributed by atoms with Crippen LogP contribution in [-0.4, -0.2) is 18.9 Å². The second kappa shape index (κ2) is 8.64. The van der Waals surface area contributed by atoms with Gasteiger partial charge in [0.2, 0.25) is 0 Å². The highest BCUT2D eigenvalue weighted by atomic mass is 15.0. The summed E-state index contributed by atoms with van der Waals surface area (Å²) in [6, 6.07) is 52.8. The lowest BCUT2D eigenvalue weighted by atomic mass is 10.00. The second-order valence-corrected chi connectivity index (χ2v) is 13.0. The molecule has 4 heterocycles. The van der Waals surface area contributed by atoms with E-state index in [0.29, 0.717) is 0 Å². The molecule has 4 nitrogen and oxygen atoms in total. The second-order valence-electron chi connectivity index (χ2n) is 13.0. The van der Waals surface area contributed by atoms with Crippen LogP contribution in [0.3, 0.4) is 0 Å². The maximum Gasteiger partial charge on any atom is 0.165 e. The van der Waals surface area contributed by atoms with Crippen molar-refractivity contribution in [2.45, 2.75) is 0 Å². The lowest BCUT2D eigenvalue weighted by Gasteiger charge is -2.10. The topological polar surface area (TPSA) is 35.1 Å². The predicted molar refractivity (Wildman–Crippen MR) is 201 cm³/mol. The van der Waals surface area contributed by atoms with E-state index in [1.165, 1.54) is 70.4 Å². The Kier molecular flexibility index (Phi) is 4.44. The van der Waals surface area contributed by atoms with Gasteiger partial charge in [0.1, 0.15) is 5.52 Å². The zero-order chi connectivity index (χ0) is 31.1. The van der Waals surface area contributed by atoms with Gasteiger partial charge in [0.25, 0.3) is 0 Å². The van der Waals surface area contributed by atoms with Gasteiger partial charge in [0, 0.05) is 32.6 Å². The molecule has 0 unspecified atom stereocenters. The Hall–Kier alpha value is -6.52. The summed E-state index contributed by atoms with van der Waals surface area (Å²) in [5.41, 5.74) is 9.58. The smallest absolute Gasteiger partial charge is 0.165 e. The van der Waals surface area contributed by atoms with Crippen molar-refractivity contribution in [3.8, 4) is 5.69 Å². The van der Waals surface area contributed by atoms with E-state index >= 15 is 0 Å². The number of para-hydroxylation sites is 2. The van der Waals surface area contributed by atoms with Crippen molar-refractivity contribution in [1.29, 1.82) is 0 Å². The fourth-order valence-corrected chi connectivity index (χ4v) is 8.57. The molecule has 4 heteroatoms. The van der Waals surface area contributed by atoms with E-state index in [2.05, 4.69) is 142 Å². The third-order valence-corrected chi connectivity index (χ3v) is 10.6. The Morgan fingerprint density at radius 1 is 0.396 bits per heavy atom. The summed E-state index contributed by atoms with van der Waals surface area (Å²) in [5.74, 6) is 0. The number of hydrogen-bond donors (Lipinski definition) is 0. The monoisotopic (exact) mass is 608 g/mol. The Morgan fingerprint density at radius 3 is 1.65 bits per heavy atom. The van der Waals surface area contributed by atoms with Crippen LogP contribution in [-0.2, 0) is 0 Å². The molecular formula is C44H24N4. The van der Waals surface area contributed by atoms with Gasteiger partial charge in [-0.2, -0.15) is 0 Å². The molecule has 0 atom stereocenters. The minimum absolute atomic E-state index is 0.904. The molecule has 0 N–H and O–H groups in total. The Bertz CT molecular complexity index is 3250. The van der Waals surface area contributed by atoms with Gasteiger partial charge in [-0.15, -0.1) is 0 Å². The van der Waals surface area contributed by atoms with E-state index in [0.717, 1.165) is 38.8 Å². The molecule has 0 amide bonds. The van der Waals surface area contributed by atoms with Crippen LogP contribution in [0.15, 0.2) is 146 Å². The maximum atomic E-state index is 5.22. The molecule has 0 bridgehead atoms. The molecular weight excluding hydrogens is 585 g/mol. The van der Waals surface area contributed by atoms with Crippen molar-refractivity contribution in [3.63, 3.8) is 0 Å². The third-order valence-electron chi connectivity index (χ3n) is 10.6. The van der Waals surface area contributed by atoms with E-state index < -0.39 is 0 Å². The Labute approximate surface area is 273 Å². The van der Waals surface area contributed by atoms with Crippen molar-refractivity contribution in [3.05, 3.63) is 146 Å². The number of hydrogen-bond acceptors (Lipinski definition) is 2. The molecule has 12 rings (SSSR count). The molecule has 0 radical (unpaired) electrons. The molecule has 8 aromatic carbocycles. The van der Waals surface area contributed by atoms with Crippen molar-refractivity contribution in [2.24, 2.45) is 0 Å². The van der Waals surface area contributed by atoms with Gasteiger partial charge in [-0.1, -0.05) is 97.1 Å². The highest BCUT2D eigenvalue weighted by molar-refractivity contribution is 6.32. The highest BCUT2D eigenvalue weighted by Gasteiger charge is 2.23. The van der Waals surface area contributed by atoms with Crippen LogP contribution in [0.4, 0.5) is 0 Å². The predicted octanol–water partition coefficient (Wildman–Crippen LogP) is 11.3. The zero-order valence-corrected chi connectivity index (χ0v) is 25.6. The summed E-state index contributed by atoms with van der Waals surface area (Å²) in [7, 11) is 0. The summed E-state index contributed by atoms with van der Waals surface area (Å²) < 4.78 is 4.81. The lowest BCUT2D eigenvalue weighted by Crippen LogP contribution is -1.94. The molecule has 0 fully saturated rings. The fourth-order valence-electron chi connectivity index (χ4n) is 8.57. The van der Waals surface area contributed by atoms with Crippen LogP contribution in [0.1, 0.15) is 0 Å². The minimum atomic E-state index is 0.904. The van der Waals surface area contributed by atoms with Crippen molar-refractivity contribution >= 4 is 104 Å².